The number of hydrogen-bond acceptors (Lipinski definition) is 10. The van der Waals surface area contributed by atoms with Crippen LogP contribution in [0.4, 0.5) is 0 Å². The second-order valence-electron chi connectivity index (χ2n) is 9.37. The molecule has 1 aliphatic rings. The van der Waals surface area contributed by atoms with Crippen LogP contribution in [0.3, 0.4) is 0 Å². The van der Waals surface area contributed by atoms with E-state index < -0.39 is 23.7 Å². The molecular formula is C22H46N4O8+2. The molecule has 0 bridgehead atoms. The molecule has 1 heterocycles. The van der Waals surface area contributed by atoms with Crippen molar-refractivity contribution in [2.45, 2.75) is 0 Å². The molecular weight excluding hydrogens is 448 g/mol. The number of rotatable bonds is 18. The summed E-state index contributed by atoms with van der Waals surface area (Å²) in [5.74, 6) is -2.02. The minimum Gasteiger partial charge on any atom is -0.396 e. The van der Waals surface area contributed by atoms with Crippen molar-refractivity contribution in [3.05, 3.63) is 23.8 Å². The molecule has 0 saturated carbocycles. The van der Waals surface area contributed by atoms with Crippen LogP contribution < -0.4 is 11.5 Å². The first-order valence-electron chi connectivity index (χ1n) is 11.8. The fourth-order valence-corrected chi connectivity index (χ4v) is 4.80. The zero-order valence-corrected chi connectivity index (χ0v) is 20.0. The fraction of sp³-hybridized carbons (Fsp3) is 0.818. The van der Waals surface area contributed by atoms with Gasteiger partial charge >= 0.3 is 0 Å². The van der Waals surface area contributed by atoms with E-state index in [0.29, 0.717) is 11.4 Å². The number of aliphatic hydroxyl groups excluding tert-OH is 8. The Labute approximate surface area is 201 Å². The molecule has 0 saturated heterocycles. The first-order chi connectivity index (χ1) is 16.3. The molecule has 12 N–H and O–H groups in total. The zero-order chi connectivity index (χ0) is 25.8. The van der Waals surface area contributed by atoms with Crippen molar-refractivity contribution in [1.29, 1.82) is 0 Å². The van der Waals surface area contributed by atoms with Crippen LogP contribution in [0.2, 0.25) is 0 Å². The van der Waals surface area contributed by atoms with Gasteiger partial charge in [-0.15, -0.1) is 0 Å². The molecule has 1 rings (SSSR count). The molecule has 0 amide bonds. The third-order valence-electron chi connectivity index (χ3n) is 6.76. The van der Waals surface area contributed by atoms with Gasteiger partial charge in [0.25, 0.3) is 0 Å². The summed E-state index contributed by atoms with van der Waals surface area (Å²) in [7, 11) is 0. The Morgan fingerprint density at radius 3 is 0.824 bits per heavy atom. The number of nitrogens with zero attached hydrogens (tertiary/aromatic N) is 2. The quantitative estimate of drug-likeness (QED) is 0.0826. The van der Waals surface area contributed by atoms with Crippen molar-refractivity contribution in [3.63, 3.8) is 0 Å². The lowest BCUT2D eigenvalue weighted by molar-refractivity contribution is -0.908. The minimum absolute atomic E-state index is 0.0481. The molecule has 0 fully saturated rings. The summed E-state index contributed by atoms with van der Waals surface area (Å²) < 4.78 is 0.0961. The van der Waals surface area contributed by atoms with Gasteiger partial charge in [-0.25, -0.2) is 0 Å². The molecule has 1 aliphatic heterocycles. The van der Waals surface area contributed by atoms with E-state index in [1.807, 2.05) is 12.4 Å². The van der Waals surface area contributed by atoms with Gasteiger partial charge in [0.15, 0.2) is 23.8 Å². The molecule has 200 valence electrons. The fourth-order valence-electron chi connectivity index (χ4n) is 4.80. The molecule has 0 aromatic heterocycles. The lowest BCUT2D eigenvalue weighted by atomic mass is 9.98. The van der Waals surface area contributed by atoms with Gasteiger partial charge in [-0.05, 0) is 0 Å². The molecule has 0 unspecified atom stereocenters. The van der Waals surface area contributed by atoms with Crippen LogP contribution in [-0.4, -0.2) is 142 Å². The van der Waals surface area contributed by atoms with Crippen molar-refractivity contribution in [2.75, 3.05) is 92.1 Å². The maximum atomic E-state index is 9.79. The van der Waals surface area contributed by atoms with Crippen LogP contribution >= 0.6 is 0 Å². The topological polar surface area (TPSA) is 214 Å². The van der Waals surface area contributed by atoms with Crippen molar-refractivity contribution >= 4 is 0 Å². The normalized spacial score (nSPS) is 17.7. The Morgan fingerprint density at radius 1 is 0.471 bits per heavy atom. The van der Waals surface area contributed by atoms with Crippen LogP contribution in [-0.2, 0) is 0 Å². The molecule has 0 radical (unpaired) electrons. The van der Waals surface area contributed by atoms with Gasteiger partial charge in [-0.1, -0.05) is 0 Å². The summed E-state index contributed by atoms with van der Waals surface area (Å²) >= 11 is 0. The summed E-state index contributed by atoms with van der Waals surface area (Å²) in [5, 5.41) is 78.3. The highest BCUT2D eigenvalue weighted by Crippen LogP contribution is 2.36. The van der Waals surface area contributed by atoms with Crippen LogP contribution in [0.25, 0.3) is 0 Å². The molecule has 12 heteroatoms. The Hall–Kier alpha value is -1.00. The van der Waals surface area contributed by atoms with Gasteiger partial charge in [-0.2, -0.15) is 0 Å². The van der Waals surface area contributed by atoms with E-state index in [1.165, 1.54) is 0 Å². The third kappa shape index (κ3) is 7.50. The highest BCUT2D eigenvalue weighted by molar-refractivity contribution is 5.07. The monoisotopic (exact) mass is 494 g/mol. The van der Waals surface area contributed by atoms with E-state index >= 15 is 0 Å². The average Bonchev–Trinajstić information content (AvgIpc) is 2.88. The molecule has 0 aromatic carbocycles. The second-order valence-corrected chi connectivity index (χ2v) is 9.37. The maximum absolute atomic E-state index is 9.79. The van der Waals surface area contributed by atoms with Gasteiger partial charge in [0, 0.05) is 0 Å². The van der Waals surface area contributed by atoms with Crippen molar-refractivity contribution < 1.29 is 49.8 Å². The molecule has 34 heavy (non-hydrogen) atoms. The van der Waals surface area contributed by atoms with Crippen LogP contribution in [0.15, 0.2) is 23.8 Å². The summed E-state index contributed by atoms with van der Waals surface area (Å²) in [6.45, 7) is -1.16. The van der Waals surface area contributed by atoms with E-state index in [1.54, 1.807) is 0 Å². The maximum Gasteiger partial charge on any atom is 0.181 e. The minimum atomic E-state index is -0.506. The highest BCUT2D eigenvalue weighted by Gasteiger charge is 2.48. The molecule has 0 aromatic rings. The third-order valence-corrected chi connectivity index (χ3v) is 6.76. The lowest BCUT2D eigenvalue weighted by Crippen LogP contribution is -2.61. The summed E-state index contributed by atoms with van der Waals surface area (Å²) in [5.41, 5.74) is 13.7. The first kappa shape index (κ1) is 31.0. The Morgan fingerprint density at radius 2 is 0.676 bits per heavy atom. The SMILES string of the molecule is NCC1=C[N+](CC(CO)CO)(CC(CO)CO)C(CN)=C[N+]1(CC(CO)CO)CC(CO)CO. The van der Waals surface area contributed by atoms with Gasteiger partial charge in [0.05, 0.1) is 116 Å². The highest BCUT2D eigenvalue weighted by atomic mass is 16.3. The summed E-state index contributed by atoms with van der Waals surface area (Å²) in [6.07, 6.45) is 3.72. The van der Waals surface area contributed by atoms with Gasteiger partial charge < -0.3 is 52.3 Å². The average molecular weight is 495 g/mol. The lowest BCUT2D eigenvalue weighted by Gasteiger charge is -2.48. The Bertz CT molecular complexity index is 550. The van der Waals surface area contributed by atoms with E-state index in [4.69, 9.17) is 11.5 Å². The van der Waals surface area contributed by atoms with Crippen molar-refractivity contribution in [3.8, 4) is 0 Å². The Balaban J connectivity index is 3.76. The van der Waals surface area contributed by atoms with E-state index in [0.717, 1.165) is 0 Å². The summed E-state index contributed by atoms with van der Waals surface area (Å²) in [6, 6.07) is 0. The van der Waals surface area contributed by atoms with Crippen molar-refractivity contribution in [2.24, 2.45) is 35.1 Å². The number of nitrogens with two attached hydrogens (primary N) is 2. The van der Waals surface area contributed by atoms with E-state index in [2.05, 4.69) is 0 Å². The molecule has 0 atom stereocenters. The zero-order valence-electron chi connectivity index (χ0n) is 20.0. The Kier molecular flexibility index (Phi) is 13.9. The molecule has 0 aliphatic carbocycles. The van der Waals surface area contributed by atoms with Crippen LogP contribution in [0, 0.1) is 23.7 Å². The number of quaternary nitrogens is 2. The van der Waals surface area contributed by atoms with Gasteiger partial charge in [0.2, 0.25) is 0 Å². The largest absolute Gasteiger partial charge is 0.396 e. The van der Waals surface area contributed by atoms with Crippen LogP contribution in [0.1, 0.15) is 0 Å². The van der Waals surface area contributed by atoms with Crippen LogP contribution in [0.5, 0.6) is 0 Å². The van der Waals surface area contributed by atoms with E-state index in [9.17, 15) is 40.9 Å². The predicted molar refractivity (Wildman–Crippen MR) is 125 cm³/mol. The summed E-state index contributed by atoms with van der Waals surface area (Å²) in [4.78, 5) is 0. The van der Waals surface area contributed by atoms with Gasteiger partial charge in [0.1, 0.15) is 0 Å². The molecule has 12 nitrogen and oxygen atoms in total. The van der Waals surface area contributed by atoms with E-state index in [-0.39, 0.29) is 101 Å². The molecule has 0 spiro atoms. The predicted octanol–water partition coefficient (Wildman–Crippen LogP) is -4.36. The van der Waals surface area contributed by atoms with Crippen molar-refractivity contribution in [1.82, 2.24) is 0 Å². The smallest absolute Gasteiger partial charge is 0.181 e. The second kappa shape index (κ2) is 15.2. The number of hydrogen-bond donors (Lipinski definition) is 10. The van der Waals surface area contributed by atoms with Gasteiger partial charge in [-0.3, -0.25) is 8.97 Å². The standard InChI is InChI=1S/C22H46N4O8/c23-1-21-7-26(5-19(13-31)14-32,6-20(15-33)16-34)22(2-24)8-25(21,3-17(9-27)10-28)4-18(11-29)12-30/h7-8,17-20,27-34H,1-6,9-16,23-24H2/q+2. The number of aliphatic hydroxyl groups is 8. The first-order valence-corrected chi connectivity index (χ1v) is 11.8.